The Morgan fingerprint density at radius 2 is 1.90 bits per heavy atom. The van der Waals surface area contributed by atoms with Crippen molar-refractivity contribution in [3.05, 3.63) is 52.0 Å². The van der Waals surface area contributed by atoms with Crippen LogP contribution in [0.1, 0.15) is 18.4 Å². The molecule has 0 spiro atoms. The van der Waals surface area contributed by atoms with Crippen molar-refractivity contribution in [1.82, 2.24) is 10.2 Å². The highest BCUT2D eigenvalue weighted by atomic mass is 35.5. The van der Waals surface area contributed by atoms with Gasteiger partial charge in [-0.25, -0.2) is 0 Å². The van der Waals surface area contributed by atoms with Gasteiger partial charge in [0.05, 0.1) is 12.1 Å². The van der Waals surface area contributed by atoms with Crippen LogP contribution in [0, 0.1) is 5.92 Å². The van der Waals surface area contributed by atoms with Gasteiger partial charge < -0.3 is 20.1 Å². The van der Waals surface area contributed by atoms with Gasteiger partial charge in [0.2, 0.25) is 0 Å². The quantitative estimate of drug-likeness (QED) is 0.568. The summed E-state index contributed by atoms with van der Waals surface area (Å²) in [6.07, 6.45) is 1.90. The first-order chi connectivity index (χ1) is 14.6. The van der Waals surface area contributed by atoms with Crippen LogP contribution in [0.15, 0.2) is 36.4 Å². The van der Waals surface area contributed by atoms with Crippen molar-refractivity contribution in [3.63, 3.8) is 0 Å². The number of fused-ring (bicyclic) bond motifs is 1. The first kappa shape index (κ1) is 21.0. The van der Waals surface area contributed by atoms with Gasteiger partial charge in [-0.05, 0) is 54.7 Å². The van der Waals surface area contributed by atoms with Gasteiger partial charge >= 0.3 is 0 Å². The Kier molecular flexibility index (Phi) is 6.46. The number of piperidine rings is 1. The third kappa shape index (κ3) is 4.41. The number of methoxy groups -OCH3 is 1. The van der Waals surface area contributed by atoms with Gasteiger partial charge in [-0.3, -0.25) is 0 Å². The minimum absolute atomic E-state index is 0.244. The molecule has 0 aliphatic carbocycles. The monoisotopic (exact) mass is 446 g/mol. The molecule has 0 amide bonds. The lowest BCUT2D eigenvalue weighted by molar-refractivity contribution is 0.203. The molecular formula is C22H24Cl2N4O2. The molecule has 0 bridgehead atoms. The molecule has 0 atom stereocenters. The molecule has 2 heterocycles. The number of anilines is 2. The molecule has 2 N–H and O–H groups in total. The zero-order chi connectivity index (χ0) is 21.1. The predicted octanol–water partition coefficient (Wildman–Crippen LogP) is 4.77. The Morgan fingerprint density at radius 3 is 2.60 bits per heavy atom. The maximum Gasteiger partial charge on any atom is 0.159 e. The van der Waals surface area contributed by atoms with E-state index >= 15 is 0 Å². The second-order valence-corrected chi connectivity index (χ2v) is 8.34. The van der Waals surface area contributed by atoms with Crippen LogP contribution in [0.25, 0.3) is 10.8 Å². The number of halogens is 2. The summed E-state index contributed by atoms with van der Waals surface area (Å²) in [5.74, 6) is 2.54. The zero-order valence-corrected chi connectivity index (χ0v) is 18.2. The molecule has 0 saturated carbocycles. The summed E-state index contributed by atoms with van der Waals surface area (Å²) in [6, 6.07) is 11.5. The first-order valence-corrected chi connectivity index (χ1v) is 10.7. The van der Waals surface area contributed by atoms with Crippen molar-refractivity contribution < 1.29 is 9.84 Å². The summed E-state index contributed by atoms with van der Waals surface area (Å²) < 4.78 is 5.21. The second kappa shape index (κ2) is 9.25. The molecule has 2 aromatic carbocycles. The molecule has 1 aromatic heterocycles. The molecule has 158 valence electrons. The van der Waals surface area contributed by atoms with E-state index in [1.807, 2.05) is 36.4 Å². The van der Waals surface area contributed by atoms with Gasteiger partial charge in [0.1, 0.15) is 5.75 Å². The lowest BCUT2D eigenvalue weighted by Gasteiger charge is -2.32. The van der Waals surface area contributed by atoms with E-state index in [9.17, 15) is 5.11 Å². The van der Waals surface area contributed by atoms with E-state index in [-0.39, 0.29) is 6.61 Å². The topological polar surface area (TPSA) is 70.5 Å². The third-order valence-corrected chi connectivity index (χ3v) is 6.10. The predicted molar refractivity (Wildman–Crippen MR) is 122 cm³/mol. The van der Waals surface area contributed by atoms with Crippen molar-refractivity contribution in [1.29, 1.82) is 0 Å². The van der Waals surface area contributed by atoms with Crippen LogP contribution in [0.3, 0.4) is 0 Å². The highest BCUT2D eigenvalue weighted by Gasteiger charge is 2.22. The number of rotatable bonds is 6. The SMILES string of the molecule is COc1ccc(CNc2nnc(N3CCC(CO)CC3)c3ccc(Cl)cc23)cc1Cl. The number of benzene rings is 2. The molecule has 3 aromatic rings. The maximum atomic E-state index is 9.40. The van der Waals surface area contributed by atoms with Crippen molar-refractivity contribution in [2.24, 2.45) is 5.92 Å². The van der Waals surface area contributed by atoms with Crippen LogP contribution >= 0.6 is 23.2 Å². The molecule has 30 heavy (non-hydrogen) atoms. The molecule has 1 aliphatic rings. The van der Waals surface area contributed by atoms with Gasteiger partial charge in [-0.1, -0.05) is 29.3 Å². The lowest BCUT2D eigenvalue weighted by atomic mass is 9.97. The van der Waals surface area contributed by atoms with Crippen LogP contribution in [-0.4, -0.2) is 42.1 Å². The second-order valence-electron chi connectivity index (χ2n) is 7.50. The minimum atomic E-state index is 0.244. The average molecular weight is 447 g/mol. The van der Waals surface area contributed by atoms with Crippen molar-refractivity contribution in [2.75, 3.05) is 37.0 Å². The molecule has 1 fully saturated rings. The molecule has 0 radical (unpaired) electrons. The Labute approximate surface area is 185 Å². The molecular weight excluding hydrogens is 423 g/mol. The van der Waals surface area contributed by atoms with E-state index in [2.05, 4.69) is 20.4 Å². The standard InChI is InChI=1S/C22H24Cl2N4O2/c1-30-20-5-2-15(10-19(20)24)12-25-21-18-11-16(23)3-4-17(18)22(27-26-21)28-8-6-14(13-29)7-9-28/h2-5,10-11,14,29H,6-9,12-13H2,1H3,(H,25,26). The summed E-state index contributed by atoms with van der Waals surface area (Å²) in [5, 5.41) is 24.9. The molecule has 4 rings (SSSR count). The Bertz CT molecular complexity index is 1040. The number of aliphatic hydroxyl groups is 1. The summed E-state index contributed by atoms with van der Waals surface area (Å²) in [4.78, 5) is 2.24. The fourth-order valence-electron chi connectivity index (χ4n) is 3.81. The number of nitrogens with one attached hydrogen (secondary N) is 1. The Morgan fingerprint density at radius 1 is 1.10 bits per heavy atom. The number of hydrogen-bond acceptors (Lipinski definition) is 6. The minimum Gasteiger partial charge on any atom is -0.495 e. The molecule has 0 unspecified atom stereocenters. The summed E-state index contributed by atoms with van der Waals surface area (Å²) in [6.45, 7) is 2.50. The van der Waals surface area contributed by atoms with Crippen molar-refractivity contribution >= 4 is 45.6 Å². The summed E-state index contributed by atoms with van der Waals surface area (Å²) in [7, 11) is 1.60. The van der Waals surface area contributed by atoms with Gasteiger partial charge in [0.25, 0.3) is 0 Å². The van der Waals surface area contributed by atoms with Gasteiger partial charge in [0, 0.05) is 42.0 Å². The molecule has 1 aliphatic heterocycles. The molecule has 8 heteroatoms. The zero-order valence-electron chi connectivity index (χ0n) is 16.7. The van der Waals surface area contributed by atoms with E-state index in [1.54, 1.807) is 7.11 Å². The Balaban J connectivity index is 1.60. The maximum absolute atomic E-state index is 9.40. The van der Waals surface area contributed by atoms with Gasteiger partial charge in [-0.2, -0.15) is 0 Å². The van der Waals surface area contributed by atoms with Crippen LogP contribution in [0.5, 0.6) is 5.75 Å². The smallest absolute Gasteiger partial charge is 0.159 e. The van der Waals surface area contributed by atoms with Crippen molar-refractivity contribution in [3.8, 4) is 5.75 Å². The molecule has 6 nitrogen and oxygen atoms in total. The highest BCUT2D eigenvalue weighted by molar-refractivity contribution is 6.32. The van der Waals surface area contributed by atoms with E-state index in [0.29, 0.717) is 34.1 Å². The number of aromatic nitrogens is 2. The highest BCUT2D eigenvalue weighted by Crippen LogP contribution is 2.33. The summed E-state index contributed by atoms with van der Waals surface area (Å²) >= 11 is 12.5. The van der Waals surface area contributed by atoms with E-state index in [0.717, 1.165) is 48.1 Å². The van der Waals surface area contributed by atoms with Gasteiger partial charge in [0.15, 0.2) is 11.6 Å². The van der Waals surface area contributed by atoms with Crippen LogP contribution in [0.2, 0.25) is 10.0 Å². The van der Waals surface area contributed by atoms with Crippen molar-refractivity contribution in [2.45, 2.75) is 19.4 Å². The van der Waals surface area contributed by atoms with E-state index < -0.39 is 0 Å². The summed E-state index contributed by atoms with van der Waals surface area (Å²) in [5.41, 5.74) is 1.01. The Hall–Kier alpha value is -2.28. The number of aliphatic hydroxyl groups excluding tert-OH is 1. The third-order valence-electron chi connectivity index (χ3n) is 5.57. The van der Waals surface area contributed by atoms with Crippen LogP contribution in [-0.2, 0) is 6.54 Å². The number of nitrogens with zero attached hydrogens (tertiary/aromatic N) is 3. The average Bonchev–Trinajstić information content (AvgIpc) is 2.77. The normalized spacial score (nSPS) is 14.9. The van der Waals surface area contributed by atoms with Crippen LogP contribution < -0.4 is 15.0 Å². The fourth-order valence-corrected chi connectivity index (χ4v) is 4.26. The first-order valence-electron chi connectivity index (χ1n) is 9.97. The van der Waals surface area contributed by atoms with E-state index in [1.165, 1.54) is 0 Å². The number of hydrogen-bond donors (Lipinski definition) is 2. The van der Waals surface area contributed by atoms with E-state index in [4.69, 9.17) is 27.9 Å². The fraction of sp³-hybridized carbons (Fsp3) is 0.364. The van der Waals surface area contributed by atoms with Gasteiger partial charge in [-0.15, -0.1) is 10.2 Å². The lowest BCUT2D eigenvalue weighted by Crippen LogP contribution is -2.35. The van der Waals surface area contributed by atoms with Crippen LogP contribution in [0.4, 0.5) is 11.6 Å². The number of ether oxygens (including phenoxy) is 1. The molecule has 1 saturated heterocycles. The largest absolute Gasteiger partial charge is 0.495 e.